The quantitative estimate of drug-likeness (QED) is 0.772. The van der Waals surface area contributed by atoms with Crippen molar-refractivity contribution < 1.29 is 0 Å². The third kappa shape index (κ3) is 2.96. The van der Waals surface area contributed by atoms with Crippen LogP contribution >= 0.6 is 22.9 Å². The number of nitrogens with zero attached hydrogens (tertiary/aromatic N) is 2. The Bertz CT molecular complexity index is 330. The Balaban J connectivity index is 1.79. The van der Waals surface area contributed by atoms with E-state index in [1.807, 2.05) is 0 Å². The molecule has 1 aromatic rings. The molecule has 0 aliphatic carbocycles. The standard InChI is InChI=1S/C12H19ClN2S/c1-9-6-15(7-10(9)2)4-3-12-14-11(5-13)8-16-12/h8-10H,3-7H2,1-2H3. The molecule has 0 aromatic carbocycles. The maximum atomic E-state index is 5.74. The van der Waals surface area contributed by atoms with E-state index in [4.69, 9.17) is 11.6 Å². The van der Waals surface area contributed by atoms with E-state index in [0.29, 0.717) is 5.88 Å². The molecule has 0 amide bonds. The van der Waals surface area contributed by atoms with Crippen molar-refractivity contribution >= 4 is 22.9 Å². The molecular weight excluding hydrogens is 240 g/mol. The lowest BCUT2D eigenvalue weighted by atomic mass is 10.0. The van der Waals surface area contributed by atoms with Gasteiger partial charge in [0.05, 0.1) is 16.6 Å². The highest BCUT2D eigenvalue weighted by molar-refractivity contribution is 7.09. The van der Waals surface area contributed by atoms with Crippen LogP contribution in [0.15, 0.2) is 5.38 Å². The molecule has 2 rings (SSSR count). The molecule has 1 aliphatic rings. The predicted molar refractivity (Wildman–Crippen MR) is 70.1 cm³/mol. The van der Waals surface area contributed by atoms with Crippen LogP contribution in [0.4, 0.5) is 0 Å². The highest BCUT2D eigenvalue weighted by Gasteiger charge is 2.25. The third-order valence-corrected chi connectivity index (χ3v) is 4.67. The van der Waals surface area contributed by atoms with Crippen LogP contribution in [0.2, 0.25) is 0 Å². The lowest BCUT2D eigenvalue weighted by Gasteiger charge is -2.13. The van der Waals surface area contributed by atoms with Crippen molar-refractivity contribution in [1.29, 1.82) is 0 Å². The summed E-state index contributed by atoms with van der Waals surface area (Å²) in [5.41, 5.74) is 1.02. The van der Waals surface area contributed by atoms with Crippen molar-refractivity contribution in [2.24, 2.45) is 11.8 Å². The van der Waals surface area contributed by atoms with Gasteiger partial charge in [-0.05, 0) is 11.8 Å². The van der Waals surface area contributed by atoms with Crippen molar-refractivity contribution in [3.8, 4) is 0 Å². The Hall–Kier alpha value is -0.120. The summed E-state index contributed by atoms with van der Waals surface area (Å²) in [7, 11) is 0. The van der Waals surface area contributed by atoms with Gasteiger partial charge in [0.2, 0.25) is 0 Å². The van der Waals surface area contributed by atoms with Crippen molar-refractivity contribution in [2.75, 3.05) is 19.6 Å². The lowest BCUT2D eigenvalue weighted by Crippen LogP contribution is -2.23. The summed E-state index contributed by atoms with van der Waals surface area (Å²) in [5, 5.41) is 3.29. The molecular formula is C12H19ClN2S. The minimum atomic E-state index is 0.536. The first-order valence-corrected chi connectivity index (χ1v) is 7.32. The van der Waals surface area contributed by atoms with E-state index in [1.54, 1.807) is 11.3 Å². The van der Waals surface area contributed by atoms with Gasteiger partial charge in [-0.2, -0.15) is 0 Å². The maximum absolute atomic E-state index is 5.74. The summed E-state index contributed by atoms with van der Waals surface area (Å²) in [4.78, 5) is 7.04. The van der Waals surface area contributed by atoms with Gasteiger partial charge in [-0.25, -0.2) is 4.98 Å². The molecule has 1 fully saturated rings. The Morgan fingerprint density at radius 3 is 2.69 bits per heavy atom. The average molecular weight is 259 g/mol. The fourth-order valence-corrected chi connectivity index (χ4v) is 3.23. The monoisotopic (exact) mass is 258 g/mol. The highest BCUT2D eigenvalue weighted by atomic mass is 35.5. The van der Waals surface area contributed by atoms with Gasteiger partial charge < -0.3 is 4.90 Å². The molecule has 16 heavy (non-hydrogen) atoms. The van der Waals surface area contributed by atoms with Gasteiger partial charge in [0.1, 0.15) is 0 Å². The van der Waals surface area contributed by atoms with Crippen molar-refractivity contribution in [2.45, 2.75) is 26.1 Å². The summed E-state index contributed by atoms with van der Waals surface area (Å²) in [6, 6.07) is 0. The smallest absolute Gasteiger partial charge is 0.0941 e. The third-order valence-electron chi connectivity index (χ3n) is 3.44. The minimum Gasteiger partial charge on any atom is -0.302 e. The van der Waals surface area contributed by atoms with E-state index in [1.165, 1.54) is 18.1 Å². The van der Waals surface area contributed by atoms with E-state index in [9.17, 15) is 0 Å². The number of hydrogen-bond donors (Lipinski definition) is 0. The second kappa shape index (κ2) is 5.48. The van der Waals surface area contributed by atoms with Crippen LogP contribution < -0.4 is 0 Å². The van der Waals surface area contributed by atoms with E-state index < -0.39 is 0 Å². The summed E-state index contributed by atoms with van der Waals surface area (Å²) < 4.78 is 0. The number of hydrogen-bond acceptors (Lipinski definition) is 3. The van der Waals surface area contributed by atoms with Crippen LogP contribution in [0.3, 0.4) is 0 Å². The number of alkyl halides is 1. The topological polar surface area (TPSA) is 16.1 Å². The van der Waals surface area contributed by atoms with Crippen LogP contribution in [0.1, 0.15) is 24.5 Å². The molecule has 0 N–H and O–H groups in total. The molecule has 1 saturated heterocycles. The van der Waals surface area contributed by atoms with Gasteiger partial charge in [0.15, 0.2) is 0 Å². The number of rotatable bonds is 4. The van der Waals surface area contributed by atoms with Crippen LogP contribution in [0.5, 0.6) is 0 Å². The zero-order chi connectivity index (χ0) is 11.5. The van der Waals surface area contributed by atoms with Crippen molar-refractivity contribution in [1.82, 2.24) is 9.88 Å². The minimum absolute atomic E-state index is 0.536. The lowest BCUT2D eigenvalue weighted by molar-refractivity contribution is 0.328. The zero-order valence-electron chi connectivity index (χ0n) is 9.95. The number of thiazole rings is 1. The molecule has 2 nitrogen and oxygen atoms in total. The maximum Gasteiger partial charge on any atom is 0.0941 e. The van der Waals surface area contributed by atoms with Gasteiger partial charge in [0.25, 0.3) is 0 Å². The summed E-state index contributed by atoms with van der Waals surface area (Å²) in [6.07, 6.45) is 1.07. The van der Waals surface area contributed by atoms with Gasteiger partial charge in [-0.3, -0.25) is 0 Å². The molecule has 0 spiro atoms. The fourth-order valence-electron chi connectivity index (χ4n) is 2.21. The fraction of sp³-hybridized carbons (Fsp3) is 0.750. The van der Waals surface area contributed by atoms with Gasteiger partial charge in [0, 0.05) is 31.4 Å². The summed E-state index contributed by atoms with van der Waals surface area (Å²) >= 11 is 7.48. The number of aromatic nitrogens is 1. The molecule has 0 radical (unpaired) electrons. The first-order valence-electron chi connectivity index (χ1n) is 5.90. The first kappa shape index (κ1) is 12.3. The number of likely N-dealkylation sites (tertiary alicyclic amines) is 1. The van der Waals surface area contributed by atoms with Crippen LogP contribution in [0.25, 0.3) is 0 Å². The second-order valence-electron chi connectivity index (χ2n) is 4.83. The second-order valence-corrected chi connectivity index (χ2v) is 6.04. The summed E-state index contributed by atoms with van der Waals surface area (Å²) in [5.74, 6) is 2.22. The van der Waals surface area contributed by atoms with Crippen LogP contribution in [-0.2, 0) is 12.3 Å². The predicted octanol–water partition coefficient (Wildman–Crippen LogP) is 3.01. The van der Waals surface area contributed by atoms with Gasteiger partial charge in [-0.15, -0.1) is 22.9 Å². The van der Waals surface area contributed by atoms with Crippen molar-refractivity contribution in [3.05, 3.63) is 16.1 Å². The largest absolute Gasteiger partial charge is 0.302 e. The molecule has 90 valence electrons. The number of halogens is 1. The average Bonchev–Trinajstić information content (AvgIpc) is 2.84. The Morgan fingerprint density at radius 2 is 2.12 bits per heavy atom. The van der Waals surface area contributed by atoms with E-state index in [0.717, 1.165) is 30.5 Å². The SMILES string of the molecule is CC1CN(CCc2nc(CCl)cs2)CC1C. The molecule has 4 heteroatoms. The first-order chi connectivity index (χ1) is 7.69. The van der Waals surface area contributed by atoms with E-state index >= 15 is 0 Å². The Kier molecular flexibility index (Phi) is 4.22. The van der Waals surface area contributed by atoms with E-state index in [2.05, 4.69) is 29.1 Å². The molecule has 2 atom stereocenters. The molecule has 1 aromatic heterocycles. The molecule has 0 bridgehead atoms. The summed E-state index contributed by atoms with van der Waals surface area (Å²) in [6.45, 7) is 8.33. The Morgan fingerprint density at radius 1 is 1.44 bits per heavy atom. The molecule has 1 aliphatic heterocycles. The normalized spacial score (nSPS) is 26.4. The van der Waals surface area contributed by atoms with Gasteiger partial charge >= 0.3 is 0 Å². The van der Waals surface area contributed by atoms with E-state index in [-0.39, 0.29) is 0 Å². The van der Waals surface area contributed by atoms with Crippen molar-refractivity contribution in [3.63, 3.8) is 0 Å². The van der Waals surface area contributed by atoms with Crippen LogP contribution in [-0.4, -0.2) is 29.5 Å². The van der Waals surface area contributed by atoms with Gasteiger partial charge in [-0.1, -0.05) is 13.8 Å². The van der Waals surface area contributed by atoms with Crippen LogP contribution in [0, 0.1) is 11.8 Å². The zero-order valence-corrected chi connectivity index (χ0v) is 11.5. The molecule has 2 unspecified atom stereocenters. The molecule has 2 heterocycles. The highest BCUT2D eigenvalue weighted by Crippen LogP contribution is 2.22. The molecule has 0 saturated carbocycles. The Labute approximate surface area is 107 Å².